The minimum Gasteiger partial charge on any atom is -0.497 e. The summed E-state index contributed by atoms with van der Waals surface area (Å²) < 4.78 is 10.5. The largest absolute Gasteiger partial charge is 0.497 e. The van der Waals surface area contributed by atoms with Gasteiger partial charge < -0.3 is 15.2 Å². The number of amides is 1. The SMILES string of the molecule is COc1ccc(COC(=O)C2=C(/C=C/CCl)CSC3[C@H](N)C(=O)N23)cc1. The Bertz CT molecular complexity index is 763. The number of hydrogen-bond acceptors (Lipinski definition) is 6. The lowest BCUT2D eigenvalue weighted by molar-refractivity contribution is -0.151. The van der Waals surface area contributed by atoms with E-state index in [0.717, 1.165) is 11.3 Å². The molecular formula is C18H19ClN2O4S. The highest BCUT2D eigenvalue weighted by Crippen LogP contribution is 2.40. The minimum absolute atomic E-state index is 0.102. The zero-order valence-electron chi connectivity index (χ0n) is 14.2. The van der Waals surface area contributed by atoms with E-state index in [2.05, 4.69) is 0 Å². The molecule has 0 aliphatic carbocycles. The van der Waals surface area contributed by atoms with Crippen molar-refractivity contribution in [1.82, 2.24) is 4.90 Å². The molecule has 2 aliphatic rings. The number of allylic oxidation sites excluding steroid dienone is 2. The highest BCUT2D eigenvalue weighted by molar-refractivity contribution is 8.00. The number of β-lactam (4-membered cyclic amide) rings is 1. The fourth-order valence-electron chi connectivity index (χ4n) is 2.78. The molecule has 2 heterocycles. The van der Waals surface area contributed by atoms with E-state index < -0.39 is 12.0 Å². The molecule has 26 heavy (non-hydrogen) atoms. The second-order valence-corrected chi connectivity index (χ2v) is 7.20. The number of fused-ring (bicyclic) bond motifs is 1. The number of carbonyl (C=O) groups excluding carboxylic acids is 2. The van der Waals surface area contributed by atoms with Gasteiger partial charge in [0, 0.05) is 11.6 Å². The molecule has 6 nitrogen and oxygen atoms in total. The topological polar surface area (TPSA) is 81.9 Å². The monoisotopic (exact) mass is 394 g/mol. The quantitative estimate of drug-likeness (QED) is 0.451. The first-order valence-electron chi connectivity index (χ1n) is 8.02. The van der Waals surface area contributed by atoms with Gasteiger partial charge in [-0.05, 0) is 23.3 Å². The lowest BCUT2D eigenvalue weighted by Gasteiger charge is -2.48. The third-order valence-electron chi connectivity index (χ3n) is 4.17. The molecule has 1 unspecified atom stereocenters. The molecular weight excluding hydrogens is 376 g/mol. The number of rotatable bonds is 6. The van der Waals surface area contributed by atoms with Gasteiger partial charge in [-0.2, -0.15) is 0 Å². The van der Waals surface area contributed by atoms with Crippen LogP contribution in [0.15, 0.2) is 47.7 Å². The lowest BCUT2D eigenvalue weighted by Crippen LogP contribution is -2.68. The number of methoxy groups -OCH3 is 1. The molecule has 1 aromatic carbocycles. The van der Waals surface area contributed by atoms with E-state index in [1.54, 1.807) is 31.4 Å². The molecule has 3 rings (SSSR count). The molecule has 138 valence electrons. The smallest absolute Gasteiger partial charge is 0.355 e. The third-order valence-corrected chi connectivity index (χ3v) is 5.67. The van der Waals surface area contributed by atoms with Crippen LogP contribution in [0.5, 0.6) is 5.75 Å². The number of thioether (sulfide) groups is 1. The van der Waals surface area contributed by atoms with Crippen LogP contribution in [0.2, 0.25) is 0 Å². The van der Waals surface area contributed by atoms with Crippen molar-refractivity contribution in [3.8, 4) is 5.75 Å². The lowest BCUT2D eigenvalue weighted by atomic mass is 10.0. The van der Waals surface area contributed by atoms with Gasteiger partial charge in [-0.25, -0.2) is 4.79 Å². The van der Waals surface area contributed by atoms with E-state index in [1.165, 1.54) is 16.7 Å². The van der Waals surface area contributed by atoms with E-state index in [-0.39, 0.29) is 23.6 Å². The summed E-state index contributed by atoms with van der Waals surface area (Å²) in [5.41, 5.74) is 7.64. The van der Waals surface area contributed by atoms with Crippen LogP contribution in [0.4, 0.5) is 0 Å². The van der Waals surface area contributed by atoms with Crippen LogP contribution in [-0.4, -0.2) is 46.9 Å². The van der Waals surface area contributed by atoms with Crippen LogP contribution >= 0.6 is 23.4 Å². The molecule has 0 radical (unpaired) electrons. The van der Waals surface area contributed by atoms with Crippen LogP contribution in [-0.2, 0) is 20.9 Å². The second-order valence-electron chi connectivity index (χ2n) is 5.79. The number of ether oxygens (including phenoxy) is 2. The summed E-state index contributed by atoms with van der Waals surface area (Å²) in [7, 11) is 1.59. The van der Waals surface area contributed by atoms with Gasteiger partial charge in [0.1, 0.15) is 29.5 Å². The average Bonchev–Trinajstić information content (AvgIpc) is 2.69. The molecule has 2 atom stereocenters. The van der Waals surface area contributed by atoms with Gasteiger partial charge in [-0.3, -0.25) is 9.69 Å². The molecule has 8 heteroatoms. The fourth-order valence-corrected chi connectivity index (χ4v) is 4.14. The van der Waals surface area contributed by atoms with Gasteiger partial charge in [0.25, 0.3) is 0 Å². The summed E-state index contributed by atoms with van der Waals surface area (Å²) >= 11 is 7.23. The summed E-state index contributed by atoms with van der Waals surface area (Å²) in [6, 6.07) is 6.64. The van der Waals surface area contributed by atoms with Crippen molar-refractivity contribution in [2.24, 2.45) is 5.73 Å². The van der Waals surface area contributed by atoms with Crippen LogP contribution in [0, 0.1) is 0 Å². The molecule has 1 amide bonds. The van der Waals surface area contributed by atoms with Crippen molar-refractivity contribution in [3.63, 3.8) is 0 Å². The number of hydrogen-bond donors (Lipinski definition) is 1. The number of nitrogens with two attached hydrogens (primary N) is 1. The molecule has 0 spiro atoms. The number of esters is 1. The van der Waals surface area contributed by atoms with Crippen molar-refractivity contribution < 1.29 is 19.1 Å². The van der Waals surface area contributed by atoms with Crippen LogP contribution < -0.4 is 10.5 Å². The van der Waals surface area contributed by atoms with E-state index >= 15 is 0 Å². The van der Waals surface area contributed by atoms with Crippen molar-refractivity contribution >= 4 is 35.2 Å². The predicted octanol–water partition coefficient (Wildman–Crippen LogP) is 2.03. The Kier molecular flexibility index (Phi) is 5.90. The van der Waals surface area contributed by atoms with E-state index in [1.807, 2.05) is 12.1 Å². The molecule has 0 saturated carbocycles. The minimum atomic E-state index is -0.581. The average molecular weight is 395 g/mol. The van der Waals surface area contributed by atoms with Crippen LogP contribution in [0.3, 0.4) is 0 Å². The van der Waals surface area contributed by atoms with Gasteiger partial charge in [-0.15, -0.1) is 23.4 Å². The number of halogens is 1. The molecule has 0 aromatic heterocycles. The first-order valence-corrected chi connectivity index (χ1v) is 9.61. The number of carbonyl (C=O) groups is 2. The van der Waals surface area contributed by atoms with E-state index in [0.29, 0.717) is 17.2 Å². The van der Waals surface area contributed by atoms with Crippen LogP contribution in [0.25, 0.3) is 0 Å². The zero-order chi connectivity index (χ0) is 18.7. The molecule has 2 N–H and O–H groups in total. The summed E-state index contributed by atoms with van der Waals surface area (Å²) in [5, 5.41) is -0.223. The summed E-state index contributed by atoms with van der Waals surface area (Å²) in [5.74, 6) is 0.807. The standard InChI is InChI=1S/C18H19ClN2O4S/c1-24-13-6-4-11(5-7-13)9-25-18(23)15-12(3-2-8-19)10-26-17-14(20)16(22)21(15)17/h2-7,14,17H,8-10,20H2,1H3/b3-2+/t14-,17?/m1/s1. The Morgan fingerprint density at radius 3 is 2.81 bits per heavy atom. The maximum absolute atomic E-state index is 12.7. The molecule has 0 bridgehead atoms. The summed E-state index contributed by atoms with van der Waals surface area (Å²) in [6.45, 7) is 0.102. The Hall–Kier alpha value is -1.96. The van der Waals surface area contributed by atoms with Gasteiger partial charge in [0.2, 0.25) is 5.91 Å². The Morgan fingerprint density at radius 1 is 1.42 bits per heavy atom. The number of benzene rings is 1. The summed E-state index contributed by atoms with van der Waals surface area (Å²) in [4.78, 5) is 26.3. The Balaban J connectivity index is 1.77. The number of nitrogens with zero attached hydrogens (tertiary/aromatic N) is 1. The van der Waals surface area contributed by atoms with Crippen molar-refractivity contribution in [2.45, 2.75) is 18.0 Å². The Morgan fingerprint density at radius 2 is 2.15 bits per heavy atom. The maximum Gasteiger partial charge on any atom is 0.355 e. The fraction of sp³-hybridized carbons (Fsp3) is 0.333. The van der Waals surface area contributed by atoms with Crippen LogP contribution in [0.1, 0.15) is 5.56 Å². The van der Waals surface area contributed by atoms with Crippen molar-refractivity contribution in [1.29, 1.82) is 0 Å². The van der Waals surface area contributed by atoms with Crippen molar-refractivity contribution in [2.75, 3.05) is 18.7 Å². The van der Waals surface area contributed by atoms with Crippen molar-refractivity contribution in [3.05, 3.63) is 53.3 Å². The normalized spacial score (nSPS) is 22.3. The summed E-state index contributed by atoms with van der Waals surface area (Å²) in [6.07, 6.45) is 3.50. The second kappa shape index (κ2) is 8.16. The van der Waals surface area contributed by atoms with E-state index in [9.17, 15) is 9.59 Å². The molecule has 1 aromatic rings. The highest BCUT2D eigenvalue weighted by atomic mass is 35.5. The molecule has 2 aliphatic heterocycles. The van der Waals surface area contributed by atoms with Gasteiger partial charge in [0.05, 0.1) is 7.11 Å². The maximum atomic E-state index is 12.7. The van der Waals surface area contributed by atoms with Gasteiger partial charge >= 0.3 is 5.97 Å². The zero-order valence-corrected chi connectivity index (χ0v) is 15.8. The van der Waals surface area contributed by atoms with Gasteiger partial charge in [0.15, 0.2) is 0 Å². The first-order chi connectivity index (χ1) is 12.6. The molecule has 1 saturated heterocycles. The highest BCUT2D eigenvalue weighted by Gasteiger charge is 2.51. The van der Waals surface area contributed by atoms with E-state index in [4.69, 9.17) is 26.8 Å². The first kappa shape index (κ1) is 18.8. The number of alkyl halides is 1. The Labute approximate surface area is 160 Å². The van der Waals surface area contributed by atoms with Gasteiger partial charge in [-0.1, -0.05) is 24.3 Å². The third kappa shape index (κ3) is 3.60. The predicted molar refractivity (Wildman–Crippen MR) is 101 cm³/mol. The molecule has 1 fully saturated rings.